The van der Waals surface area contributed by atoms with Crippen LogP contribution in [-0.2, 0) is 0 Å². The number of aromatic nitrogens is 3. The number of hydrogen-bond donors (Lipinski definition) is 0. The molecule has 102 valence electrons. The van der Waals surface area contributed by atoms with E-state index >= 15 is 0 Å². The molecule has 4 nitrogen and oxygen atoms in total. The molecular formula is C14H7ClN4S2. The molecule has 21 heavy (non-hydrogen) atoms. The first-order valence-corrected chi connectivity index (χ1v) is 7.96. The van der Waals surface area contributed by atoms with Gasteiger partial charge >= 0.3 is 0 Å². The van der Waals surface area contributed by atoms with Crippen molar-refractivity contribution in [3.63, 3.8) is 0 Å². The molecule has 0 bridgehead atoms. The lowest BCUT2D eigenvalue weighted by Crippen LogP contribution is -1.83. The zero-order valence-corrected chi connectivity index (χ0v) is 12.9. The Kier molecular flexibility index (Phi) is 4.06. The number of allylic oxidation sites excluding steroid dienone is 1. The van der Waals surface area contributed by atoms with E-state index in [4.69, 9.17) is 11.6 Å². The van der Waals surface area contributed by atoms with Gasteiger partial charge in [-0.2, -0.15) is 5.26 Å². The molecule has 3 rings (SSSR count). The van der Waals surface area contributed by atoms with Gasteiger partial charge < -0.3 is 0 Å². The van der Waals surface area contributed by atoms with Gasteiger partial charge in [-0.25, -0.2) is 4.98 Å². The molecule has 3 aromatic rings. The van der Waals surface area contributed by atoms with Crippen molar-refractivity contribution in [2.24, 2.45) is 0 Å². The molecule has 0 aliphatic rings. The van der Waals surface area contributed by atoms with Crippen LogP contribution in [0.15, 0.2) is 35.0 Å². The summed E-state index contributed by atoms with van der Waals surface area (Å²) in [5.41, 5.74) is 2.94. The van der Waals surface area contributed by atoms with Crippen LogP contribution in [0, 0.1) is 11.3 Å². The van der Waals surface area contributed by atoms with Gasteiger partial charge in [0.1, 0.15) is 11.1 Å². The monoisotopic (exact) mass is 330 g/mol. The van der Waals surface area contributed by atoms with Crippen molar-refractivity contribution in [2.75, 3.05) is 0 Å². The van der Waals surface area contributed by atoms with Crippen molar-refractivity contribution in [2.45, 2.75) is 0 Å². The molecule has 1 aromatic carbocycles. The zero-order chi connectivity index (χ0) is 14.7. The summed E-state index contributed by atoms with van der Waals surface area (Å²) in [5.74, 6) is 0. The first-order chi connectivity index (χ1) is 10.3. The highest BCUT2D eigenvalue weighted by atomic mass is 35.5. The SMILES string of the molecule is N#C/C(=C\c1csnn1)c1nc(-c2ccc(Cl)cc2)cs1. The largest absolute Gasteiger partial charge is 0.235 e. The Morgan fingerprint density at radius 2 is 2.05 bits per heavy atom. The van der Waals surface area contributed by atoms with E-state index in [9.17, 15) is 5.26 Å². The first-order valence-electron chi connectivity index (χ1n) is 5.87. The molecule has 0 saturated carbocycles. The van der Waals surface area contributed by atoms with Crippen LogP contribution < -0.4 is 0 Å². The van der Waals surface area contributed by atoms with Crippen LogP contribution in [-0.4, -0.2) is 14.6 Å². The van der Waals surface area contributed by atoms with Crippen LogP contribution in [0.4, 0.5) is 0 Å². The van der Waals surface area contributed by atoms with Crippen LogP contribution in [0.3, 0.4) is 0 Å². The Labute approximate surface area is 134 Å². The van der Waals surface area contributed by atoms with E-state index in [1.165, 1.54) is 22.9 Å². The molecule has 0 saturated heterocycles. The lowest BCUT2D eigenvalue weighted by molar-refractivity contribution is 1.14. The third kappa shape index (κ3) is 3.16. The Balaban J connectivity index is 1.94. The first kappa shape index (κ1) is 13.9. The minimum Gasteiger partial charge on any atom is -0.235 e. The minimum absolute atomic E-state index is 0.480. The van der Waals surface area contributed by atoms with E-state index in [0.29, 0.717) is 21.3 Å². The fourth-order valence-corrected chi connectivity index (χ4v) is 3.01. The number of thiazole rings is 1. The number of nitriles is 1. The van der Waals surface area contributed by atoms with Crippen molar-refractivity contribution in [3.8, 4) is 17.3 Å². The summed E-state index contributed by atoms with van der Waals surface area (Å²) in [7, 11) is 0. The van der Waals surface area contributed by atoms with Gasteiger partial charge in [0.25, 0.3) is 0 Å². The molecule has 2 heterocycles. The normalized spacial score (nSPS) is 11.3. The molecule has 0 aliphatic carbocycles. The van der Waals surface area contributed by atoms with Crippen LogP contribution in [0.25, 0.3) is 22.9 Å². The molecule has 0 atom stereocenters. The fraction of sp³-hybridized carbons (Fsp3) is 0. The molecule has 0 radical (unpaired) electrons. The summed E-state index contributed by atoms with van der Waals surface area (Å²) in [5, 5.41) is 18.2. The highest BCUT2D eigenvalue weighted by molar-refractivity contribution is 7.11. The predicted molar refractivity (Wildman–Crippen MR) is 86.0 cm³/mol. The highest BCUT2D eigenvalue weighted by Crippen LogP contribution is 2.27. The summed E-state index contributed by atoms with van der Waals surface area (Å²) in [6.07, 6.45) is 1.69. The zero-order valence-electron chi connectivity index (χ0n) is 10.5. The number of benzene rings is 1. The number of halogens is 1. The molecule has 0 aliphatic heterocycles. The second-order valence-corrected chi connectivity index (χ2v) is 5.95. The van der Waals surface area contributed by atoms with Crippen LogP contribution >= 0.6 is 34.5 Å². The fourth-order valence-electron chi connectivity index (χ4n) is 1.68. The van der Waals surface area contributed by atoms with Crippen molar-refractivity contribution in [1.82, 2.24) is 14.6 Å². The van der Waals surface area contributed by atoms with Gasteiger partial charge in [-0.05, 0) is 29.7 Å². The summed E-state index contributed by atoms with van der Waals surface area (Å²) in [4.78, 5) is 4.50. The van der Waals surface area contributed by atoms with Crippen molar-refractivity contribution < 1.29 is 0 Å². The molecule has 7 heteroatoms. The molecular weight excluding hydrogens is 324 g/mol. The third-order valence-electron chi connectivity index (χ3n) is 2.66. The summed E-state index contributed by atoms with van der Waals surface area (Å²) < 4.78 is 3.77. The number of rotatable bonds is 3. The van der Waals surface area contributed by atoms with Crippen molar-refractivity contribution >= 4 is 46.1 Å². The minimum atomic E-state index is 0.480. The van der Waals surface area contributed by atoms with Gasteiger partial charge in [0, 0.05) is 21.3 Å². The molecule has 0 amide bonds. The maximum Gasteiger partial charge on any atom is 0.134 e. The lowest BCUT2D eigenvalue weighted by Gasteiger charge is -1.96. The molecule has 0 spiro atoms. The maximum absolute atomic E-state index is 9.28. The van der Waals surface area contributed by atoms with E-state index in [0.717, 1.165) is 11.3 Å². The van der Waals surface area contributed by atoms with Crippen LogP contribution in [0.1, 0.15) is 10.7 Å². The average Bonchev–Trinajstić information content (AvgIpc) is 3.17. The summed E-state index contributed by atoms with van der Waals surface area (Å²) >= 11 is 8.54. The second kappa shape index (κ2) is 6.14. The molecule has 0 unspecified atom stereocenters. The van der Waals surface area contributed by atoms with Crippen LogP contribution in [0.5, 0.6) is 0 Å². The highest BCUT2D eigenvalue weighted by Gasteiger charge is 2.09. The molecule has 0 fully saturated rings. The summed E-state index contributed by atoms with van der Waals surface area (Å²) in [6.45, 7) is 0. The Hall–Kier alpha value is -2.07. The van der Waals surface area contributed by atoms with Gasteiger partial charge in [-0.1, -0.05) is 28.2 Å². The number of hydrogen-bond acceptors (Lipinski definition) is 6. The lowest BCUT2D eigenvalue weighted by atomic mass is 10.2. The van der Waals surface area contributed by atoms with E-state index in [2.05, 4.69) is 20.6 Å². The van der Waals surface area contributed by atoms with Crippen LogP contribution in [0.2, 0.25) is 5.02 Å². The number of nitrogens with zero attached hydrogens (tertiary/aromatic N) is 4. The van der Waals surface area contributed by atoms with Gasteiger partial charge in [0.05, 0.1) is 17.0 Å². The van der Waals surface area contributed by atoms with Crippen molar-refractivity contribution in [1.29, 1.82) is 5.26 Å². The Bertz CT molecular complexity index is 814. The summed E-state index contributed by atoms with van der Waals surface area (Å²) in [6, 6.07) is 9.60. The molecule has 2 aromatic heterocycles. The quantitative estimate of drug-likeness (QED) is 0.668. The standard InChI is InChI=1S/C14H7ClN4S2/c15-11-3-1-9(2-4-11)13-8-20-14(17-13)10(6-16)5-12-7-21-19-18-12/h1-5,7-8H/b10-5+. The van der Waals surface area contributed by atoms with E-state index in [1.807, 2.05) is 29.6 Å². The van der Waals surface area contributed by atoms with Gasteiger partial charge in [0.15, 0.2) is 0 Å². The maximum atomic E-state index is 9.28. The van der Waals surface area contributed by atoms with E-state index in [-0.39, 0.29) is 0 Å². The average molecular weight is 331 g/mol. The van der Waals surface area contributed by atoms with E-state index in [1.54, 1.807) is 11.5 Å². The van der Waals surface area contributed by atoms with Gasteiger partial charge in [-0.3, -0.25) is 0 Å². The topological polar surface area (TPSA) is 62.5 Å². The smallest absolute Gasteiger partial charge is 0.134 e. The second-order valence-electron chi connectivity index (χ2n) is 4.04. The third-order valence-corrected chi connectivity index (χ3v) is 4.31. The van der Waals surface area contributed by atoms with E-state index < -0.39 is 0 Å². The molecule has 0 N–H and O–H groups in total. The van der Waals surface area contributed by atoms with Gasteiger partial charge in [0.2, 0.25) is 0 Å². The van der Waals surface area contributed by atoms with Gasteiger partial charge in [-0.15, -0.1) is 16.4 Å². The predicted octanol–water partition coefficient (Wildman–Crippen LogP) is 4.38. The Morgan fingerprint density at radius 3 is 2.71 bits per heavy atom. The van der Waals surface area contributed by atoms with Crippen molar-refractivity contribution in [3.05, 3.63) is 50.7 Å². The Morgan fingerprint density at radius 1 is 1.24 bits per heavy atom.